The Morgan fingerprint density at radius 3 is 2.10 bits per heavy atom. The van der Waals surface area contributed by atoms with E-state index in [9.17, 15) is 13.2 Å². The van der Waals surface area contributed by atoms with Gasteiger partial charge in [-0.2, -0.15) is 13.2 Å². The Labute approximate surface area is 121 Å². The molecule has 3 N–H and O–H groups in total. The van der Waals surface area contributed by atoms with Crippen molar-refractivity contribution in [2.45, 2.75) is 31.5 Å². The van der Waals surface area contributed by atoms with Gasteiger partial charge in [0.25, 0.3) is 0 Å². The van der Waals surface area contributed by atoms with E-state index in [1.165, 1.54) is 19.3 Å². The van der Waals surface area contributed by atoms with Crippen molar-refractivity contribution in [2.24, 2.45) is 35.4 Å². The van der Waals surface area contributed by atoms with Crippen LogP contribution in [0.15, 0.2) is 24.3 Å². The van der Waals surface area contributed by atoms with Gasteiger partial charge in [-0.1, -0.05) is 12.1 Å². The highest BCUT2D eigenvalue weighted by Gasteiger charge is 2.66. The van der Waals surface area contributed by atoms with Crippen molar-refractivity contribution in [3.05, 3.63) is 35.4 Å². The fraction of sp³-hybridized carbons (Fsp3) is 0.625. The van der Waals surface area contributed by atoms with Gasteiger partial charge in [0, 0.05) is 6.04 Å². The minimum Gasteiger partial charge on any atom is -0.271 e. The molecule has 2 nitrogen and oxygen atoms in total. The predicted octanol–water partition coefficient (Wildman–Crippen LogP) is 3.50. The molecule has 0 saturated heterocycles. The van der Waals surface area contributed by atoms with Crippen molar-refractivity contribution in [3.8, 4) is 0 Å². The van der Waals surface area contributed by atoms with Crippen LogP contribution in [0.25, 0.3) is 0 Å². The molecule has 21 heavy (non-hydrogen) atoms. The predicted molar refractivity (Wildman–Crippen MR) is 72.8 cm³/mol. The lowest BCUT2D eigenvalue weighted by molar-refractivity contribution is -0.137. The van der Waals surface area contributed by atoms with Gasteiger partial charge in [-0.3, -0.25) is 11.3 Å². The van der Waals surface area contributed by atoms with E-state index in [0.29, 0.717) is 5.92 Å². The van der Waals surface area contributed by atoms with E-state index in [1.807, 2.05) is 0 Å². The SMILES string of the molecule is NNC(c1ccc(C(F)(F)F)cc1)C1C2C3CCC(C3)C21. The summed E-state index contributed by atoms with van der Waals surface area (Å²) in [5.41, 5.74) is 3.13. The fourth-order valence-corrected chi connectivity index (χ4v) is 5.15. The highest BCUT2D eigenvalue weighted by Crippen LogP contribution is 2.72. The topological polar surface area (TPSA) is 38.0 Å². The maximum absolute atomic E-state index is 12.6. The van der Waals surface area contributed by atoms with Crippen LogP contribution in [0.4, 0.5) is 13.2 Å². The molecule has 2 bridgehead atoms. The minimum absolute atomic E-state index is 0.00863. The molecule has 3 saturated carbocycles. The zero-order valence-corrected chi connectivity index (χ0v) is 11.6. The largest absolute Gasteiger partial charge is 0.416 e. The third kappa shape index (κ3) is 2.01. The summed E-state index contributed by atoms with van der Waals surface area (Å²) in [5.74, 6) is 9.37. The summed E-state index contributed by atoms with van der Waals surface area (Å²) in [6, 6.07) is 5.46. The molecule has 3 aliphatic rings. The maximum atomic E-state index is 12.6. The molecular formula is C16H19F3N2. The molecule has 0 aliphatic heterocycles. The maximum Gasteiger partial charge on any atom is 0.416 e. The van der Waals surface area contributed by atoms with E-state index < -0.39 is 11.7 Å². The van der Waals surface area contributed by atoms with Crippen LogP contribution in [0, 0.1) is 29.6 Å². The number of alkyl halides is 3. The second-order valence-corrected chi connectivity index (χ2v) is 6.83. The highest BCUT2D eigenvalue weighted by atomic mass is 19.4. The minimum atomic E-state index is -4.28. The van der Waals surface area contributed by atoms with Gasteiger partial charge in [0.05, 0.1) is 5.56 Å². The number of nitrogens with one attached hydrogen (secondary N) is 1. The second-order valence-electron chi connectivity index (χ2n) is 6.83. The first kappa shape index (κ1) is 13.6. The van der Waals surface area contributed by atoms with Crippen molar-refractivity contribution in [3.63, 3.8) is 0 Å². The number of hydrogen-bond donors (Lipinski definition) is 2. The smallest absolute Gasteiger partial charge is 0.271 e. The van der Waals surface area contributed by atoms with Gasteiger partial charge in [0.2, 0.25) is 0 Å². The lowest BCUT2D eigenvalue weighted by Crippen LogP contribution is -2.31. The molecule has 0 radical (unpaired) electrons. The summed E-state index contributed by atoms with van der Waals surface area (Å²) >= 11 is 0. The number of halogens is 3. The van der Waals surface area contributed by atoms with E-state index >= 15 is 0 Å². The summed E-state index contributed by atoms with van der Waals surface area (Å²) in [7, 11) is 0. The van der Waals surface area contributed by atoms with Crippen LogP contribution in [0.3, 0.4) is 0 Å². The zero-order chi connectivity index (χ0) is 14.8. The lowest BCUT2D eigenvalue weighted by atomic mass is 9.93. The summed E-state index contributed by atoms with van der Waals surface area (Å²) in [4.78, 5) is 0. The number of hydrazine groups is 1. The van der Waals surface area contributed by atoms with Gasteiger partial charge in [-0.05, 0) is 66.5 Å². The summed E-state index contributed by atoms with van der Waals surface area (Å²) in [6.45, 7) is 0. The molecule has 114 valence electrons. The third-order valence-electron chi connectivity index (χ3n) is 5.96. The summed E-state index contributed by atoms with van der Waals surface area (Å²) in [6.07, 6.45) is -0.269. The quantitative estimate of drug-likeness (QED) is 0.662. The molecule has 3 fully saturated rings. The van der Waals surface area contributed by atoms with Gasteiger partial charge >= 0.3 is 6.18 Å². The summed E-state index contributed by atoms with van der Waals surface area (Å²) < 4.78 is 37.9. The number of hydrogen-bond acceptors (Lipinski definition) is 2. The van der Waals surface area contributed by atoms with Crippen LogP contribution in [-0.2, 0) is 6.18 Å². The second kappa shape index (κ2) is 4.46. The highest BCUT2D eigenvalue weighted by molar-refractivity contribution is 5.30. The molecule has 0 heterocycles. The number of nitrogens with two attached hydrogens (primary N) is 1. The number of fused-ring (bicyclic) bond motifs is 5. The van der Waals surface area contributed by atoms with Crippen molar-refractivity contribution >= 4 is 0 Å². The van der Waals surface area contributed by atoms with Crippen molar-refractivity contribution < 1.29 is 13.2 Å². The Morgan fingerprint density at radius 2 is 1.62 bits per heavy atom. The molecule has 1 aromatic carbocycles. The molecule has 0 aromatic heterocycles. The van der Waals surface area contributed by atoms with Crippen molar-refractivity contribution in [2.75, 3.05) is 0 Å². The first-order valence-electron chi connectivity index (χ1n) is 7.64. The third-order valence-corrected chi connectivity index (χ3v) is 5.96. The van der Waals surface area contributed by atoms with Gasteiger partial charge in [-0.25, -0.2) is 0 Å². The summed E-state index contributed by atoms with van der Waals surface area (Å²) in [5, 5.41) is 0. The van der Waals surface area contributed by atoms with E-state index in [1.54, 1.807) is 12.1 Å². The first-order chi connectivity index (χ1) is 10.0. The molecule has 4 rings (SSSR count). The Morgan fingerprint density at radius 1 is 1.05 bits per heavy atom. The molecular weight excluding hydrogens is 277 g/mol. The Bertz CT molecular complexity index is 523. The first-order valence-corrected chi connectivity index (χ1v) is 7.64. The van der Waals surface area contributed by atoms with Crippen LogP contribution < -0.4 is 11.3 Å². The van der Waals surface area contributed by atoms with Crippen LogP contribution >= 0.6 is 0 Å². The fourth-order valence-electron chi connectivity index (χ4n) is 5.15. The van der Waals surface area contributed by atoms with E-state index in [0.717, 1.165) is 41.4 Å². The molecule has 0 spiro atoms. The Balaban J connectivity index is 1.55. The molecule has 3 aliphatic carbocycles. The molecule has 5 heteroatoms. The molecule has 5 atom stereocenters. The lowest BCUT2D eigenvalue weighted by Gasteiger charge is -2.20. The van der Waals surface area contributed by atoms with Crippen molar-refractivity contribution in [1.29, 1.82) is 0 Å². The van der Waals surface area contributed by atoms with Crippen LogP contribution in [0.2, 0.25) is 0 Å². The van der Waals surface area contributed by atoms with Gasteiger partial charge in [0.15, 0.2) is 0 Å². The molecule has 0 amide bonds. The van der Waals surface area contributed by atoms with Gasteiger partial charge in [-0.15, -0.1) is 0 Å². The normalized spacial score (nSPS) is 38.4. The number of rotatable bonds is 3. The zero-order valence-electron chi connectivity index (χ0n) is 11.6. The van der Waals surface area contributed by atoms with E-state index in [4.69, 9.17) is 5.84 Å². The average molecular weight is 296 g/mol. The molecule has 1 aromatic rings. The van der Waals surface area contributed by atoms with Gasteiger partial charge in [0.1, 0.15) is 0 Å². The van der Waals surface area contributed by atoms with Crippen LogP contribution in [0.5, 0.6) is 0 Å². The van der Waals surface area contributed by atoms with E-state index in [-0.39, 0.29) is 6.04 Å². The average Bonchev–Trinajstić information content (AvgIpc) is 2.87. The Hall–Kier alpha value is -1.07. The van der Waals surface area contributed by atoms with Crippen LogP contribution in [0.1, 0.15) is 36.4 Å². The monoisotopic (exact) mass is 296 g/mol. The van der Waals surface area contributed by atoms with Crippen LogP contribution in [-0.4, -0.2) is 0 Å². The van der Waals surface area contributed by atoms with Gasteiger partial charge < -0.3 is 0 Å². The Kier molecular flexibility index (Phi) is 2.89. The van der Waals surface area contributed by atoms with Crippen molar-refractivity contribution in [1.82, 2.24) is 5.43 Å². The number of benzene rings is 1. The molecule has 5 unspecified atom stereocenters. The van der Waals surface area contributed by atoms with E-state index in [2.05, 4.69) is 5.43 Å². The standard InChI is InChI=1S/C16H19F3N2/c17-16(18,19)11-5-3-8(4-6-11)15(21-20)14-12-9-1-2-10(7-9)13(12)14/h3-6,9-10,12-15,21H,1-2,7,20H2.